The van der Waals surface area contributed by atoms with Crippen LogP contribution in [0.5, 0.6) is 5.75 Å². The number of aromatic hydroxyl groups is 1. The molecule has 0 aliphatic carbocycles. The predicted octanol–water partition coefficient (Wildman–Crippen LogP) is 6.69. The molecular weight excluding hydrogens is 653 g/mol. The fourth-order valence-corrected chi connectivity index (χ4v) is 2.76. The SMILES string of the molecule is C#CC#CC#C.C#CC#CC#CC#CC#CC#CC#CC#CC#C.CCN(CC)c1ccc(/C=N/NC(=O)c2ccccc2)c(O)c1.O=O.[HH].[HH].[HH].[HH].[HH].[HH].[HH].[HH].[HH].[N-]=[N+]=N. The summed E-state index contributed by atoms with van der Waals surface area (Å²) in [6.07, 6.45) is 20.6. The summed E-state index contributed by atoms with van der Waals surface area (Å²) < 4.78 is 0. The van der Waals surface area contributed by atoms with E-state index in [9.17, 15) is 9.90 Å². The van der Waals surface area contributed by atoms with Gasteiger partial charge >= 0.3 is 0 Å². The van der Waals surface area contributed by atoms with Crippen molar-refractivity contribution in [1.82, 2.24) is 5.43 Å². The Morgan fingerprint density at radius 3 is 1.48 bits per heavy atom. The zero-order valence-corrected chi connectivity index (χ0v) is 27.9. The van der Waals surface area contributed by atoms with Crippen LogP contribution in [0, 0.1) is 160 Å². The second-order valence-corrected chi connectivity index (χ2v) is 7.66. The normalized spacial score (nSPS) is 6.58. The fraction of sp³-hybridized carbons (Fsp3) is 0.0952. The van der Waals surface area contributed by atoms with E-state index in [4.69, 9.17) is 46.7 Å². The summed E-state index contributed by atoms with van der Waals surface area (Å²) >= 11 is 0. The molecule has 0 saturated carbocycles. The summed E-state index contributed by atoms with van der Waals surface area (Å²) in [6.45, 7) is 5.87. The molecule has 1 amide bonds. The molecule has 0 aliphatic heterocycles. The lowest BCUT2D eigenvalue weighted by Gasteiger charge is -2.21. The topological polar surface area (TPSA) is 159 Å². The number of rotatable bonds is 6. The van der Waals surface area contributed by atoms with Gasteiger partial charge in [0.1, 0.15) is 5.75 Å². The van der Waals surface area contributed by atoms with Crippen LogP contribution < -0.4 is 10.3 Å². The van der Waals surface area contributed by atoms with E-state index in [1.54, 1.807) is 41.3 Å². The number of terminal acetylenes is 4. The Balaban J connectivity index is -0.0000000573. The standard InChI is InChI=1S/C18H21N3O2.C18H2.C6H2.HN3.O2.9H2/c1-3-21(4-2)16-11-10-15(17(22)12-16)13-19-20-18(23)14-8-6-5-7-9-14;1-3-5-7-9-11-13-15-17-18-16-14-12-10-8-6-4-2;1-3-5-6-4-2;1-3-2;1-2;;;;;;;;;/h5-13,22H,3-4H2,1-2H3,(H,20,23);1-2H;1-2H;1H;;9*1H/b19-13+;;;;;;;;;;;;;. The zero-order chi connectivity index (χ0) is 39.5. The van der Waals surface area contributed by atoms with Gasteiger partial charge in [-0.15, -0.1) is 31.2 Å². The molecule has 0 radical (unpaired) electrons. The molecule has 0 atom stereocenters. The van der Waals surface area contributed by atoms with Crippen LogP contribution in [0.25, 0.3) is 10.4 Å². The smallest absolute Gasteiger partial charge is 0.271 e. The monoisotopic (exact) mass is 696 g/mol. The number of benzene rings is 2. The summed E-state index contributed by atoms with van der Waals surface area (Å²) in [5, 5.41) is 14.0. The lowest BCUT2D eigenvalue weighted by atomic mass is 10.2. The second kappa shape index (κ2) is 38.0. The average molecular weight is 697 g/mol. The molecule has 2 aromatic rings. The number of hydrogen-bond acceptors (Lipinski definition) is 7. The maximum absolute atomic E-state index is 11.8. The van der Waals surface area contributed by atoms with Crippen molar-refractivity contribution in [1.29, 1.82) is 5.53 Å². The minimum atomic E-state index is -0.291. The largest absolute Gasteiger partial charge is 0.507 e. The van der Waals surface area contributed by atoms with Crippen molar-refractivity contribution in [2.24, 2.45) is 5.10 Å². The molecule has 52 heavy (non-hydrogen) atoms. The van der Waals surface area contributed by atoms with Gasteiger partial charge in [0.2, 0.25) is 0 Å². The van der Waals surface area contributed by atoms with Gasteiger partial charge in [0.05, 0.1) is 6.21 Å². The molecule has 3 N–H and O–H groups in total. The number of amides is 1. The van der Waals surface area contributed by atoms with Crippen LogP contribution in [0.2, 0.25) is 0 Å². The average Bonchev–Trinajstić information content (AvgIpc) is 3.17. The number of carbonyl (C=O) groups excluding carboxylic acids is 1. The van der Waals surface area contributed by atoms with Gasteiger partial charge in [-0.3, -0.25) is 4.79 Å². The van der Waals surface area contributed by atoms with E-state index in [2.05, 4.69) is 148 Å². The van der Waals surface area contributed by atoms with Crippen LogP contribution >= 0.6 is 0 Å². The number of nitrogens with one attached hydrogen (secondary N) is 2. The molecule has 266 valence electrons. The highest BCUT2D eigenvalue weighted by atomic mass is 16.7. The van der Waals surface area contributed by atoms with Gasteiger partial charge in [-0.1, -0.05) is 18.2 Å². The molecular formula is C42H44N6O4. The van der Waals surface area contributed by atoms with Gasteiger partial charge in [0.25, 0.3) is 5.91 Å². The first kappa shape index (κ1) is 47.2. The first-order valence-corrected chi connectivity index (χ1v) is 13.9. The molecule has 10 nitrogen and oxygen atoms in total. The Bertz CT molecular complexity index is 2180. The molecule has 0 spiro atoms. The number of phenolic OH excluding ortho intramolecular Hbond substituents is 1. The molecule has 0 fully saturated rings. The number of carbonyl (C=O) groups is 1. The molecule has 0 unspecified atom stereocenters. The summed E-state index contributed by atoms with van der Waals surface area (Å²) in [5.74, 6) is 46.7. The first-order valence-electron chi connectivity index (χ1n) is 13.9. The summed E-state index contributed by atoms with van der Waals surface area (Å²) in [7, 11) is 0. The molecule has 2 aromatic carbocycles. The van der Waals surface area contributed by atoms with Gasteiger partial charge in [-0.2, -0.15) is 5.10 Å². The molecule has 2 rings (SSSR count). The van der Waals surface area contributed by atoms with E-state index in [1.807, 2.05) is 12.1 Å². The van der Waals surface area contributed by atoms with Crippen LogP contribution in [-0.4, -0.2) is 30.3 Å². The van der Waals surface area contributed by atoms with Crippen LogP contribution in [-0.2, 0) is 0 Å². The zero-order valence-electron chi connectivity index (χ0n) is 27.9. The van der Waals surface area contributed by atoms with Crippen molar-refractivity contribution >= 4 is 17.8 Å². The van der Waals surface area contributed by atoms with Crippen molar-refractivity contribution < 1.29 is 22.7 Å². The highest BCUT2D eigenvalue weighted by molar-refractivity contribution is 5.95. The highest BCUT2D eigenvalue weighted by Gasteiger charge is 2.06. The van der Waals surface area contributed by atoms with Gasteiger partial charge in [-0.05, 0) is 167 Å². The molecule has 10 heteroatoms. The quantitative estimate of drug-likeness (QED) is 0.0765. The second-order valence-electron chi connectivity index (χ2n) is 7.66. The predicted molar refractivity (Wildman–Crippen MR) is 226 cm³/mol. The van der Waals surface area contributed by atoms with Crippen molar-refractivity contribution in [3.63, 3.8) is 0 Å². The lowest BCUT2D eigenvalue weighted by Crippen LogP contribution is -2.21. The molecule has 0 saturated heterocycles. The minimum absolute atomic E-state index is 0. The number of hydrazone groups is 1. The van der Waals surface area contributed by atoms with Crippen LogP contribution in [0.3, 0.4) is 0 Å². The Hall–Kier alpha value is -9.19. The van der Waals surface area contributed by atoms with E-state index < -0.39 is 0 Å². The minimum Gasteiger partial charge on any atom is -0.507 e. The third-order valence-corrected chi connectivity index (χ3v) is 4.71. The molecule has 0 heterocycles. The Labute approximate surface area is 318 Å². The summed E-state index contributed by atoms with van der Waals surface area (Å²) in [6, 6.07) is 14.2. The summed E-state index contributed by atoms with van der Waals surface area (Å²) in [4.78, 5) is 29.7. The third-order valence-electron chi connectivity index (χ3n) is 4.71. The van der Waals surface area contributed by atoms with E-state index in [-0.39, 0.29) is 24.5 Å². The van der Waals surface area contributed by atoms with Crippen molar-refractivity contribution in [2.45, 2.75) is 13.8 Å². The first-order chi connectivity index (χ1) is 25.4. The van der Waals surface area contributed by atoms with E-state index in [0.717, 1.165) is 18.8 Å². The summed E-state index contributed by atoms with van der Waals surface area (Å²) in [5.41, 5.74) is 16.7. The number of anilines is 1. The maximum atomic E-state index is 11.8. The van der Waals surface area contributed by atoms with Crippen LogP contribution in [0.1, 0.15) is 42.6 Å². The van der Waals surface area contributed by atoms with E-state index in [0.29, 0.717) is 11.1 Å². The Morgan fingerprint density at radius 2 is 1.13 bits per heavy atom. The molecule has 0 bridgehead atoms. The van der Waals surface area contributed by atoms with Gasteiger partial charge in [0, 0.05) is 58.7 Å². The van der Waals surface area contributed by atoms with Crippen molar-refractivity contribution in [3.8, 4) is 150 Å². The van der Waals surface area contributed by atoms with Gasteiger partial charge in [-0.25, -0.2) is 5.43 Å². The molecule has 0 aliphatic rings. The Kier molecular flexibility index (Phi) is 34.5. The van der Waals surface area contributed by atoms with Crippen molar-refractivity contribution in [2.75, 3.05) is 18.0 Å². The van der Waals surface area contributed by atoms with Gasteiger partial charge < -0.3 is 10.0 Å². The highest BCUT2D eigenvalue weighted by Crippen LogP contribution is 2.23. The van der Waals surface area contributed by atoms with E-state index >= 15 is 0 Å². The lowest BCUT2D eigenvalue weighted by molar-refractivity contribution is 0.0955. The van der Waals surface area contributed by atoms with Crippen LogP contribution in [0.15, 0.2) is 53.6 Å². The number of nitrogens with zero attached hydrogens (tertiary/aromatic N) is 4. The maximum Gasteiger partial charge on any atom is 0.271 e. The fourth-order valence-electron chi connectivity index (χ4n) is 2.76. The Morgan fingerprint density at radius 1 is 0.769 bits per heavy atom. The van der Waals surface area contributed by atoms with E-state index in [1.165, 1.54) is 6.21 Å². The van der Waals surface area contributed by atoms with Crippen LogP contribution in [0.4, 0.5) is 5.69 Å². The van der Waals surface area contributed by atoms with Crippen molar-refractivity contribution in [3.05, 3.63) is 80.0 Å². The van der Waals surface area contributed by atoms with Gasteiger partial charge in [0.15, 0.2) is 0 Å². The number of hydrogen-bond donors (Lipinski definition) is 3. The third kappa shape index (κ3) is 28.3. The molecule has 0 aromatic heterocycles. The number of phenols is 1.